The minimum Gasteiger partial charge on any atom is -0.279 e. The van der Waals surface area contributed by atoms with E-state index in [-0.39, 0.29) is 0 Å². The number of nitrogens with one attached hydrogen (secondary N) is 1. The van der Waals surface area contributed by atoms with Crippen LogP contribution in [-0.2, 0) is 9.78 Å². The maximum atomic E-state index is 4.66. The molecular formula is C3H8N2O2. The molecule has 0 aliphatic carbocycles. The number of nitrogens with zero attached hydrogens (tertiary/aromatic N) is 1. The van der Waals surface area contributed by atoms with Crippen molar-refractivity contribution in [2.24, 2.45) is 0 Å². The van der Waals surface area contributed by atoms with Gasteiger partial charge in [-0.2, -0.15) is 10.0 Å². The summed E-state index contributed by atoms with van der Waals surface area (Å²) in [6.07, 6.45) is 0. The van der Waals surface area contributed by atoms with Crippen LogP contribution in [0.15, 0.2) is 0 Å². The Labute approximate surface area is 41.9 Å². The first-order valence-corrected chi connectivity index (χ1v) is 2.13. The molecule has 0 aromatic rings. The van der Waals surface area contributed by atoms with Gasteiger partial charge in [0, 0.05) is 13.1 Å². The van der Waals surface area contributed by atoms with Gasteiger partial charge in [-0.1, -0.05) is 5.64 Å². The molecule has 4 heteroatoms. The van der Waals surface area contributed by atoms with Crippen LogP contribution in [0, 0.1) is 0 Å². The topological polar surface area (TPSA) is 33.5 Å². The maximum Gasteiger partial charge on any atom is 0.0599 e. The fraction of sp³-hybridized carbons (Fsp3) is 1.00. The zero-order valence-corrected chi connectivity index (χ0v) is 4.18. The summed E-state index contributed by atoms with van der Waals surface area (Å²) < 4.78 is 0. The van der Waals surface area contributed by atoms with Crippen LogP contribution in [-0.4, -0.2) is 25.3 Å². The first kappa shape index (κ1) is 4.99. The van der Waals surface area contributed by atoms with Gasteiger partial charge in [-0.3, -0.25) is 4.84 Å². The van der Waals surface area contributed by atoms with Gasteiger partial charge in [0.05, 0.1) is 7.11 Å². The smallest absolute Gasteiger partial charge is 0.0599 e. The third kappa shape index (κ3) is 1.84. The molecule has 1 rings (SSSR count). The van der Waals surface area contributed by atoms with Crippen LogP contribution >= 0.6 is 0 Å². The Morgan fingerprint density at radius 2 is 2.29 bits per heavy atom. The average molecular weight is 104 g/mol. The van der Waals surface area contributed by atoms with Gasteiger partial charge in [0.2, 0.25) is 0 Å². The highest BCUT2D eigenvalue weighted by molar-refractivity contribution is 4.58. The minimum absolute atomic E-state index is 0.996. The zero-order valence-electron chi connectivity index (χ0n) is 4.18. The first-order chi connectivity index (χ1) is 3.43. The van der Waals surface area contributed by atoms with Crippen molar-refractivity contribution in [3.05, 3.63) is 0 Å². The van der Waals surface area contributed by atoms with Crippen molar-refractivity contribution in [2.75, 3.05) is 20.2 Å². The fourth-order valence-electron chi connectivity index (χ4n) is 0.222. The van der Waals surface area contributed by atoms with E-state index >= 15 is 0 Å². The molecule has 0 aromatic carbocycles. The van der Waals surface area contributed by atoms with E-state index in [1.165, 1.54) is 7.11 Å². The third-order valence-corrected chi connectivity index (χ3v) is 0.656. The molecular weight excluding hydrogens is 96.0 g/mol. The van der Waals surface area contributed by atoms with E-state index in [1.54, 1.807) is 5.06 Å². The lowest BCUT2D eigenvalue weighted by Crippen LogP contribution is -2.16. The summed E-state index contributed by atoms with van der Waals surface area (Å²) in [6, 6.07) is 0. The van der Waals surface area contributed by atoms with E-state index in [1.807, 2.05) is 0 Å². The summed E-state index contributed by atoms with van der Waals surface area (Å²) in [7, 11) is 1.50. The van der Waals surface area contributed by atoms with Crippen LogP contribution in [0.3, 0.4) is 0 Å². The van der Waals surface area contributed by atoms with Crippen LogP contribution in [0.25, 0.3) is 0 Å². The highest BCUT2D eigenvalue weighted by Gasteiger charge is 2.17. The van der Waals surface area contributed by atoms with Crippen molar-refractivity contribution >= 4 is 0 Å². The molecule has 7 heavy (non-hydrogen) atoms. The molecule has 0 spiro atoms. The van der Waals surface area contributed by atoms with Crippen LogP contribution in [0.5, 0.6) is 0 Å². The molecule has 42 valence electrons. The lowest BCUT2D eigenvalue weighted by molar-refractivity contribution is -0.248. The Morgan fingerprint density at radius 3 is 2.71 bits per heavy atom. The normalized spacial score (nSPS) is 20.1. The second-order valence-corrected chi connectivity index (χ2v) is 1.31. The fourth-order valence-corrected chi connectivity index (χ4v) is 0.222. The molecule has 1 fully saturated rings. The standard InChI is InChI=1S/C3H8N2O2/c1-6-4-7-5-2-3-5/h4H,2-3H2,1H3. The molecule has 0 amide bonds. The highest BCUT2D eigenvalue weighted by atomic mass is 17.0. The van der Waals surface area contributed by atoms with Gasteiger partial charge in [0.1, 0.15) is 0 Å². The highest BCUT2D eigenvalue weighted by Crippen LogP contribution is 1.99. The van der Waals surface area contributed by atoms with E-state index in [9.17, 15) is 0 Å². The second-order valence-electron chi connectivity index (χ2n) is 1.31. The lowest BCUT2D eigenvalue weighted by Gasteiger charge is -1.98. The van der Waals surface area contributed by atoms with Gasteiger partial charge < -0.3 is 0 Å². The molecule has 0 bridgehead atoms. The Morgan fingerprint density at radius 1 is 1.57 bits per heavy atom. The number of hydroxylamine groups is 2. The Hall–Kier alpha value is -0.160. The molecule has 1 N–H and O–H groups in total. The van der Waals surface area contributed by atoms with Gasteiger partial charge in [-0.25, -0.2) is 0 Å². The summed E-state index contributed by atoms with van der Waals surface area (Å²) in [5, 5.41) is 1.73. The molecule has 4 nitrogen and oxygen atoms in total. The van der Waals surface area contributed by atoms with Crippen molar-refractivity contribution in [3.63, 3.8) is 0 Å². The second kappa shape index (κ2) is 2.23. The van der Waals surface area contributed by atoms with Crippen molar-refractivity contribution in [3.8, 4) is 0 Å². The van der Waals surface area contributed by atoms with Crippen molar-refractivity contribution in [1.82, 2.24) is 10.7 Å². The van der Waals surface area contributed by atoms with Gasteiger partial charge in [0.15, 0.2) is 0 Å². The quantitative estimate of drug-likeness (QED) is 0.379. The molecule has 0 radical (unpaired) electrons. The Balaban J connectivity index is 1.80. The third-order valence-electron chi connectivity index (χ3n) is 0.656. The maximum absolute atomic E-state index is 4.66. The minimum atomic E-state index is 0.996. The predicted molar refractivity (Wildman–Crippen MR) is 22.8 cm³/mol. The van der Waals surface area contributed by atoms with E-state index < -0.39 is 0 Å². The predicted octanol–water partition coefficient (Wildman–Crippen LogP) is -0.700. The monoisotopic (exact) mass is 104 g/mol. The van der Waals surface area contributed by atoms with E-state index in [0.29, 0.717) is 0 Å². The Bertz CT molecular complexity index is 54.9. The number of hydrogen-bond donors (Lipinski definition) is 1. The summed E-state index contributed by atoms with van der Waals surface area (Å²) in [5.74, 6) is 0. The van der Waals surface area contributed by atoms with Crippen LogP contribution in [0.1, 0.15) is 0 Å². The first-order valence-electron chi connectivity index (χ1n) is 2.13. The van der Waals surface area contributed by atoms with E-state index in [0.717, 1.165) is 13.1 Å². The molecule has 1 aliphatic heterocycles. The molecule has 1 aliphatic rings. The molecule has 1 saturated heterocycles. The largest absolute Gasteiger partial charge is 0.279 e. The summed E-state index contributed by atoms with van der Waals surface area (Å²) >= 11 is 0. The zero-order chi connectivity index (χ0) is 5.11. The lowest BCUT2D eigenvalue weighted by atomic mass is 11.0. The van der Waals surface area contributed by atoms with Crippen LogP contribution in [0.4, 0.5) is 0 Å². The van der Waals surface area contributed by atoms with Crippen molar-refractivity contribution < 1.29 is 9.78 Å². The molecule has 0 atom stereocenters. The van der Waals surface area contributed by atoms with Crippen LogP contribution < -0.4 is 5.64 Å². The SMILES string of the molecule is CONON1CC1. The van der Waals surface area contributed by atoms with E-state index in [4.69, 9.17) is 0 Å². The Kier molecular flexibility index (Phi) is 1.59. The summed E-state index contributed by atoms with van der Waals surface area (Å²) in [6.45, 7) is 1.99. The molecule has 1 heterocycles. The van der Waals surface area contributed by atoms with Crippen LogP contribution in [0.2, 0.25) is 0 Å². The number of rotatable bonds is 3. The summed E-state index contributed by atoms with van der Waals surface area (Å²) in [5.41, 5.74) is 2.24. The van der Waals surface area contributed by atoms with Gasteiger partial charge in [-0.15, -0.1) is 0 Å². The molecule has 0 aromatic heterocycles. The summed E-state index contributed by atoms with van der Waals surface area (Å²) in [4.78, 5) is 9.04. The molecule has 0 unspecified atom stereocenters. The van der Waals surface area contributed by atoms with Crippen molar-refractivity contribution in [2.45, 2.75) is 0 Å². The molecule has 0 saturated carbocycles. The van der Waals surface area contributed by atoms with Gasteiger partial charge in [0.25, 0.3) is 0 Å². The van der Waals surface area contributed by atoms with Gasteiger partial charge >= 0.3 is 0 Å². The van der Waals surface area contributed by atoms with Gasteiger partial charge in [-0.05, 0) is 0 Å². The van der Waals surface area contributed by atoms with E-state index in [2.05, 4.69) is 15.4 Å². The average Bonchev–Trinajstić information content (AvgIpc) is 2.42. The number of hydrogen-bond acceptors (Lipinski definition) is 4. The van der Waals surface area contributed by atoms with Crippen molar-refractivity contribution in [1.29, 1.82) is 0 Å².